The number of halogens is 5. The van der Waals surface area contributed by atoms with Crippen LogP contribution in [-0.2, 0) is 20.9 Å². The SMILES string of the molecule is [2H][C@@]1(c2cc(F)cc(Cl)c2COc2cccc3c(-n4cc(F)cn4)cc(C)nc23)COCCN1C(=O)COC(F)F. The van der Waals surface area contributed by atoms with Gasteiger partial charge < -0.3 is 19.1 Å². The lowest BCUT2D eigenvalue weighted by Crippen LogP contribution is -2.45. The van der Waals surface area contributed by atoms with Crippen molar-refractivity contribution in [2.45, 2.75) is 26.2 Å². The van der Waals surface area contributed by atoms with Crippen LogP contribution in [0.1, 0.15) is 24.2 Å². The minimum absolute atomic E-state index is 0.0373. The number of pyridine rings is 1. The molecule has 13 heteroatoms. The van der Waals surface area contributed by atoms with Crippen LogP contribution in [0.5, 0.6) is 5.75 Å². The van der Waals surface area contributed by atoms with Crippen molar-refractivity contribution in [1.82, 2.24) is 19.7 Å². The predicted molar refractivity (Wildman–Crippen MR) is 137 cm³/mol. The molecule has 40 heavy (non-hydrogen) atoms. The largest absolute Gasteiger partial charge is 0.487 e. The molecule has 2 aromatic heterocycles. The summed E-state index contributed by atoms with van der Waals surface area (Å²) in [5.41, 5.74) is 1.74. The Balaban J connectivity index is 1.52. The number of fused-ring (bicyclic) bond motifs is 1. The second kappa shape index (κ2) is 11.8. The van der Waals surface area contributed by atoms with Crippen LogP contribution in [-0.4, -0.2) is 58.5 Å². The first kappa shape index (κ1) is 26.5. The van der Waals surface area contributed by atoms with Crippen LogP contribution in [0.2, 0.25) is 5.02 Å². The smallest absolute Gasteiger partial charge is 0.345 e. The minimum atomic E-state index is -3.18. The van der Waals surface area contributed by atoms with Crippen molar-refractivity contribution >= 4 is 28.4 Å². The number of carbonyl (C=O) groups is 1. The number of rotatable bonds is 8. The summed E-state index contributed by atoms with van der Waals surface area (Å²) in [4.78, 5) is 18.3. The van der Waals surface area contributed by atoms with E-state index in [1.807, 2.05) is 0 Å². The maximum atomic E-state index is 14.6. The van der Waals surface area contributed by atoms with E-state index in [1.54, 1.807) is 31.2 Å². The minimum Gasteiger partial charge on any atom is -0.487 e. The topological polar surface area (TPSA) is 78.7 Å². The number of hydrogen-bond acceptors (Lipinski definition) is 6. The molecule has 0 aliphatic carbocycles. The number of hydrogen-bond donors (Lipinski definition) is 0. The lowest BCUT2D eigenvalue weighted by molar-refractivity contribution is -0.166. The van der Waals surface area contributed by atoms with Gasteiger partial charge in [-0.05, 0) is 36.8 Å². The second-order valence-corrected chi connectivity index (χ2v) is 9.26. The van der Waals surface area contributed by atoms with Gasteiger partial charge in [0.2, 0.25) is 5.91 Å². The molecule has 0 radical (unpaired) electrons. The van der Waals surface area contributed by atoms with Crippen LogP contribution < -0.4 is 4.74 Å². The van der Waals surface area contributed by atoms with Crippen molar-refractivity contribution in [2.75, 3.05) is 26.4 Å². The molecule has 2 aromatic carbocycles. The van der Waals surface area contributed by atoms with Crippen molar-refractivity contribution in [3.05, 3.63) is 82.3 Å². The van der Waals surface area contributed by atoms with Crippen molar-refractivity contribution in [1.29, 1.82) is 0 Å². The predicted octanol–water partition coefficient (Wildman–Crippen LogP) is 5.38. The van der Waals surface area contributed by atoms with Crippen molar-refractivity contribution in [3.63, 3.8) is 0 Å². The average molecular weight is 580 g/mol. The van der Waals surface area contributed by atoms with Crippen molar-refractivity contribution in [3.8, 4) is 11.4 Å². The van der Waals surface area contributed by atoms with Gasteiger partial charge in [-0.2, -0.15) is 13.9 Å². The average Bonchev–Trinajstić information content (AvgIpc) is 3.36. The lowest BCUT2D eigenvalue weighted by atomic mass is 9.98. The number of benzene rings is 2. The molecule has 1 aliphatic heterocycles. The molecule has 0 bridgehead atoms. The molecule has 8 nitrogen and oxygen atoms in total. The maximum Gasteiger partial charge on any atom is 0.345 e. The van der Waals surface area contributed by atoms with E-state index in [4.69, 9.17) is 22.4 Å². The Kier molecular flexibility index (Phi) is 7.80. The summed E-state index contributed by atoms with van der Waals surface area (Å²) >= 11 is 6.43. The summed E-state index contributed by atoms with van der Waals surface area (Å²) in [6.07, 6.45) is 2.31. The number of alkyl halides is 2. The fourth-order valence-electron chi connectivity index (χ4n) is 4.47. The lowest BCUT2D eigenvalue weighted by Gasteiger charge is -2.37. The van der Waals surface area contributed by atoms with Crippen LogP contribution in [0.3, 0.4) is 0 Å². The van der Waals surface area contributed by atoms with Crippen molar-refractivity contribution < 1.29 is 37.9 Å². The number of para-hydroxylation sites is 1. The molecular weight excluding hydrogens is 556 g/mol. The highest BCUT2D eigenvalue weighted by Gasteiger charge is 2.32. The molecule has 5 rings (SSSR count). The zero-order valence-electron chi connectivity index (χ0n) is 22.0. The molecule has 1 atom stereocenters. The molecular formula is C27H23ClF4N4O4. The number of amides is 1. The van der Waals surface area contributed by atoms with Gasteiger partial charge in [0.15, 0.2) is 5.82 Å². The van der Waals surface area contributed by atoms with E-state index in [-0.39, 0.29) is 42.5 Å². The van der Waals surface area contributed by atoms with Gasteiger partial charge in [0.05, 0.1) is 43.7 Å². The summed E-state index contributed by atoms with van der Waals surface area (Å²) in [5, 5.41) is 4.57. The normalized spacial score (nSPS) is 17.9. The maximum absolute atomic E-state index is 14.6. The highest BCUT2D eigenvalue weighted by Crippen LogP contribution is 2.35. The van der Waals surface area contributed by atoms with Crippen molar-refractivity contribution in [2.24, 2.45) is 0 Å². The van der Waals surface area contributed by atoms with Crippen LogP contribution in [0, 0.1) is 18.6 Å². The van der Waals surface area contributed by atoms with Crippen LogP contribution >= 0.6 is 11.6 Å². The highest BCUT2D eigenvalue weighted by molar-refractivity contribution is 6.31. The summed E-state index contributed by atoms with van der Waals surface area (Å²) in [6, 6.07) is 6.92. The monoisotopic (exact) mass is 579 g/mol. The summed E-state index contributed by atoms with van der Waals surface area (Å²) in [6.45, 7) is -3.13. The summed E-state index contributed by atoms with van der Waals surface area (Å²) in [7, 11) is 0. The second-order valence-electron chi connectivity index (χ2n) is 8.86. The Morgan fingerprint density at radius 1 is 1.27 bits per heavy atom. The van der Waals surface area contributed by atoms with E-state index in [1.165, 1.54) is 10.9 Å². The van der Waals surface area contributed by atoms with E-state index >= 15 is 0 Å². The van der Waals surface area contributed by atoms with Crippen LogP contribution in [0.25, 0.3) is 16.6 Å². The van der Waals surface area contributed by atoms with Gasteiger partial charge in [0, 0.05) is 23.2 Å². The number of aromatic nitrogens is 3. The Bertz CT molecular complexity index is 1610. The Hall–Kier alpha value is -3.74. The zero-order chi connectivity index (χ0) is 29.3. The third kappa shape index (κ3) is 5.88. The molecule has 1 aliphatic rings. The number of morpholine rings is 1. The fraction of sp³-hybridized carbons (Fsp3) is 0.296. The van der Waals surface area contributed by atoms with Gasteiger partial charge in [-0.25, -0.2) is 18.4 Å². The molecule has 4 aromatic rings. The van der Waals surface area contributed by atoms with E-state index in [0.717, 1.165) is 23.2 Å². The molecule has 210 valence electrons. The van der Waals surface area contributed by atoms with Gasteiger partial charge in [-0.3, -0.25) is 4.79 Å². The summed E-state index contributed by atoms with van der Waals surface area (Å²) < 4.78 is 79.7. The Morgan fingerprint density at radius 2 is 2.10 bits per heavy atom. The van der Waals surface area contributed by atoms with E-state index in [2.05, 4.69) is 14.8 Å². The van der Waals surface area contributed by atoms with E-state index < -0.39 is 36.8 Å². The first-order valence-electron chi connectivity index (χ1n) is 12.6. The van der Waals surface area contributed by atoms with Gasteiger partial charge in [-0.15, -0.1) is 0 Å². The molecule has 0 N–H and O–H groups in total. The number of nitrogens with zero attached hydrogens (tertiary/aromatic N) is 4. The molecule has 1 fully saturated rings. The van der Waals surface area contributed by atoms with Crippen LogP contribution in [0.4, 0.5) is 17.6 Å². The fourth-order valence-corrected chi connectivity index (χ4v) is 4.73. The first-order chi connectivity index (χ1) is 19.6. The summed E-state index contributed by atoms with van der Waals surface area (Å²) in [5.74, 6) is -1.88. The molecule has 0 saturated carbocycles. The number of carbonyl (C=O) groups excluding carboxylic acids is 1. The third-order valence-corrected chi connectivity index (χ3v) is 6.54. The van der Waals surface area contributed by atoms with E-state index in [9.17, 15) is 22.4 Å². The molecule has 0 unspecified atom stereocenters. The molecule has 0 spiro atoms. The molecule has 1 amide bonds. The standard InChI is InChI=1S/C27H23ClF4N4O4/c1-15-7-22(36-11-17(30)10-33-36)18-3-2-4-24(26(18)34-15)39-12-20-19(8-16(29)9-21(20)28)23-13-38-6-5-35(23)25(37)14-40-27(31)32/h2-4,7-11,23,27H,5-6,12-14H2,1H3/t23-/m0/s1/i23D. The Labute approximate surface area is 232 Å². The van der Waals surface area contributed by atoms with Gasteiger partial charge >= 0.3 is 6.61 Å². The quantitative estimate of drug-likeness (QED) is 0.261. The first-order valence-corrected chi connectivity index (χ1v) is 12.4. The van der Waals surface area contributed by atoms with Gasteiger partial charge in [-0.1, -0.05) is 23.7 Å². The number of aryl methyl sites for hydroxylation is 1. The molecule has 3 heterocycles. The highest BCUT2D eigenvalue weighted by atomic mass is 35.5. The van der Waals surface area contributed by atoms with E-state index in [0.29, 0.717) is 28.0 Å². The van der Waals surface area contributed by atoms with Gasteiger partial charge in [0.25, 0.3) is 0 Å². The van der Waals surface area contributed by atoms with Crippen LogP contribution in [0.15, 0.2) is 48.8 Å². The zero-order valence-corrected chi connectivity index (χ0v) is 21.8. The van der Waals surface area contributed by atoms with Gasteiger partial charge in [0.1, 0.15) is 30.3 Å². The Morgan fingerprint density at radius 3 is 2.85 bits per heavy atom. The third-order valence-electron chi connectivity index (χ3n) is 6.21. The molecule has 1 saturated heterocycles. The number of ether oxygens (including phenoxy) is 3.